The molecule has 2 rings (SSSR count). The van der Waals surface area contributed by atoms with Crippen molar-refractivity contribution in [3.8, 4) is 0 Å². The molecule has 9 nitrogen and oxygen atoms in total. The Bertz CT molecular complexity index is 789. The van der Waals surface area contributed by atoms with E-state index in [1.54, 1.807) is 6.92 Å². The molecule has 1 heterocycles. The summed E-state index contributed by atoms with van der Waals surface area (Å²) in [5.41, 5.74) is 5.51. The van der Waals surface area contributed by atoms with Gasteiger partial charge in [0.15, 0.2) is 0 Å². The molecule has 0 radical (unpaired) electrons. The van der Waals surface area contributed by atoms with E-state index < -0.39 is 11.8 Å². The minimum Gasteiger partial charge on any atom is -0.363 e. The van der Waals surface area contributed by atoms with Gasteiger partial charge in [-0.3, -0.25) is 14.4 Å². The Hall–Kier alpha value is -2.94. The zero-order chi connectivity index (χ0) is 17.7. The van der Waals surface area contributed by atoms with Crippen LogP contribution in [-0.2, 0) is 11.3 Å². The van der Waals surface area contributed by atoms with E-state index in [1.807, 2.05) is 0 Å². The van der Waals surface area contributed by atoms with Gasteiger partial charge >= 0.3 is 0 Å². The lowest BCUT2D eigenvalue weighted by Crippen LogP contribution is -2.25. The number of halogens is 1. The van der Waals surface area contributed by atoms with Crippen molar-refractivity contribution < 1.29 is 18.9 Å². The van der Waals surface area contributed by atoms with Crippen LogP contribution in [0.3, 0.4) is 0 Å². The maximum Gasteiger partial charge on any atom is 0.290 e. The highest BCUT2D eigenvalue weighted by atomic mass is 35.5. The number of nitrogens with zero attached hydrogens (tertiary/aromatic N) is 2. The highest BCUT2D eigenvalue weighted by Crippen LogP contribution is 2.21. The minimum atomic E-state index is -0.835. The van der Waals surface area contributed by atoms with Gasteiger partial charge in [0, 0.05) is 11.4 Å². The quantitative estimate of drug-likeness (QED) is 0.711. The van der Waals surface area contributed by atoms with Crippen LogP contribution in [0.25, 0.3) is 0 Å². The Morgan fingerprint density at radius 1 is 1.33 bits per heavy atom. The van der Waals surface area contributed by atoms with E-state index in [4.69, 9.17) is 21.9 Å². The smallest absolute Gasteiger partial charge is 0.290 e. The second-order valence-corrected chi connectivity index (χ2v) is 5.09. The number of carbonyl (C=O) groups is 3. The summed E-state index contributed by atoms with van der Waals surface area (Å²) in [6.07, 6.45) is 0.255. The molecule has 1 aromatic heterocycles. The average Bonchev–Trinajstić information content (AvgIpc) is 3.02. The third-order valence-electron chi connectivity index (χ3n) is 2.91. The zero-order valence-corrected chi connectivity index (χ0v) is 13.4. The molecule has 4 N–H and O–H groups in total. The number of primary amides is 1. The maximum absolute atomic E-state index is 12.3. The molecule has 3 amide bonds. The standard InChI is InChI=1S/C14H14ClN5O4/c1-2-10(21)18-9-5-7(15)3-4-8(9)14(23)17-6-11-19-13(12(16)22)20-24-11/h3-5H,2,6H2,1H3,(H2,16,22)(H,17,23)(H,18,21). The summed E-state index contributed by atoms with van der Waals surface area (Å²) >= 11 is 5.89. The van der Waals surface area contributed by atoms with Crippen LogP contribution in [0.15, 0.2) is 22.7 Å². The van der Waals surface area contributed by atoms with Gasteiger partial charge in [-0.1, -0.05) is 23.7 Å². The molecule has 0 spiro atoms. The summed E-state index contributed by atoms with van der Waals surface area (Å²) in [6.45, 7) is 1.58. The van der Waals surface area contributed by atoms with E-state index in [9.17, 15) is 14.4 Å². The van der Waals surface area contributed by atoms with Crippen LogP contribution in [0, 0.1) is 0 Å². The highest BCUT2D eigenvalue weighted by Gasteiger charge is 2.16. The summed E-state index contributed by atoms with van der Waals surface area (Å²) < 4.78 is 4.78. The van der Waals surface area contributed by atoms with Crippen molar-refractivity contribution in [2.24, 2.45) is 5.73 Å². The number of amides is 3. The maximum atomic E-state index is 12.3. The molecular formula is C14H14ClN5O4. The fourth-order valence-corrected chi connectivity index (χ4v) is 1.91. The predicted molar refractivity (Wildman–Crippen MR) is 84.4 cm³/mol. The fourth-order valence-electron chi connectivity index (χ4n) is 1.73. The van der Waals surface area contributed by atoms with Crippen molar-refractivity contribution in [3.05, 3.63) is 40.5 Å². The van der Waals surface area contributed by atoms with Gasteiger partial charge < -0.3 is 20.9 Å². The first kappa shape index (κ1) is 17.4. The molecule has 1 aromatic carbocycles. The van der Waals surface area contributed by atoms with Crippen molar-refractivity contribution >= 4 is 35.0 Å². The number of rotatable bonds is 6. The van der Waals surface area contributed by atoms with E-state index >= 15 is 0 Å². The van der Waals surface area contributed by atoms with E-state index in [0.29, 0.717) is 5.02 Å². The molecule has 24 heavy (non-hydrogen) atoms. The normalized spacial score (nSPS) is 10.2. The molecule has 0 unspecified atom stereocenters. The fraction of sp³-hybridized carbons (Fsp3) is 0.214. The van der Waals surface area contributed by atoms with Crippen LogP contribution >= 0.6 is 11.6 Å². The molecule has 126 valence electrons. The van der Waals surface area contributed by atoms with Crippen molar-refractivity contribution in [2.75, 3.05) is 5.32 Å². The van der Waals surface area contributed by atoms with E-state index in [-0.39, 0.29) is 41.8 Å². The van der Waals surface area contributed by atoms with Gasteiger partial charge in [-0.2, -0.15) is 4.98 Å². The summed E-state index contributed by atoms with van der Waals surface area (Å²) in [4.78, 5) is 38.4. The first-order chi connectivity index (χ1) is 11.4. The van der Waals surface area contributed by atoms with Crippen molar-refractivity contribution in [3.63, 3.8) is 0 Å². The highest BCUT2D eigenvalue weighted by molar-refractivity contribution is 6.31. The molecule has 0 saturated heterocycles. The largest absolute Gasteiger partial charge is 0.363 e. The number of aromatic nitrogens is 2. The van der Waals surface area contributed by atoms with Crippen LogP contribution in [0.2, 0.25) is 5.02 Å². The molecule has 0 saturated carbocycles. The average molecular weight is 352 g/mol. The van der Waals surface area contributed by atoms with Gasteiger partial charge in [0.1, 0.15) is 0 Å². The van der Waals surface area contributed by atoms with Gasteiger partial charge in [0.25, 0.3) is 17.6 Å². The summed E-state index contributed by atoms with van der Waals surface area (Å²) in [5.74, 6) is -1.84. The van der Waals surface area contributed by atoms with Crippen LogP contribution in [0.4, 0.5) is 5.69 Å². The van der Waals surface area contributed by atoms with Gasteiger partial charge in [-0.15, -0.1) is 0 Å². The zero-order valence-electron chi connectivity index (χ0n) is 12.6. The Morgan fingerprint density at radius 2 is 2.08 bits per heavy atom. The SMILES string of the molecule is CCC(=O)Nc1cc(Cl)ccc1C(=O)NCc1nc(C(N)=O)no1. The minimum absolute atomic E-state index is 0.0188. The molecule has 2 aromatic rings. The monoisotopic (exact) mass is 351 g/mol. The first-order valence-corrected chi connectivity index (χ1v) is 7.28. The van der Waals surface area contributed by atoms with Crippen molar-refractivity contribution in [2.45, 2.75) is 19.9 Å². The molecule has 0 aliphatic rings. The number of hydrogen-bond donors (Lipinski definition) is 3. The van der Waals surface area contributed by atoms with Crippen LogP contribution in [0.5, 0.6) is 0 Å². The Kier molecular flexibility index (Phi) is 5.48. The van der Waals surface area contributed by atoms with Gasteiger partial charge in [0.05, 0.1) is 17.8 Å². The second-order valence-electron chi connectivity index (χ2n) is 4.65. The topological polar surface area (TPSA) is 140 Å². The van der Waals surface area contributed by atoms with Crippen LogP contribution in [-0.4, -0.2) is 27.9 Å². The summed E-state index contributed by atoms with van der Waals surface area (Å²) in [7, 11) is 0. The Balaban J connectivity index is 2.10. The third kappa shape index (κ3) is 4.29. The van der Waals surface area contributed by atoms with Gasteiger partial charge in [-0.25, -0.2) is 0 Å². The van der Waals surface area contributed by atoms with Crippen LogP contribution < -0.4 is 16.4 Å². The van der Waals surface area contributed by atoms with Crippen molar-refractivity contribution in [1.82, 2.24) is 15.5 Å². The van der Waals surface area contributed by atoms with E-state index in [0.717, 1.165) is 0 Å². The van der Waals surface area contributed by atoms with Crippen LogP contribution in [0.1, 0.15) is 40.2 Å². The molecular weight excluding hydrogens is 338 g/mol. The lowest BCUT2D eigenvalue weighted by atomic mass is 10.1. The second kappa shape index (κ2) is 7.55. The molecule has 0 bridgehead atoms. The summed E-state index contributed by atoms with van der Waals surface area (Å²) in [6, 6.07) is 4.48. The number of carbonyl (C=O) groups excluding carboxylic acids is 3. The van der Waals surface area contributed by atoms with Crippen molar-refractivity contribution in [1.29, 1.82) is 0 Å². The van der Waals surface area contributed by atoms with Gasteiger partial charge in [0.2, 0.25) is 11.8 Å². The third-order valence-corrected chi connectivity index (χ3v) is 3.15. The van der Waals surface area contributed by atoms with Gasteiger partial charge in [-0.05, 0) is 18.2 Å². The summed E-state index contributed by atoms with van der Waals surface area (Å²) in [5, 5.41) is 8.87. The molecule has 10 heteroatoms. The first-order valence-electron chi connectivity index (χ1n) is 6.90. The predicted octanol–water partition coefficient (Wildman–Crippen LogP) is 1.10. The molecule has 0 aliphatic heterocycles. The lowest BCUT2D eigenvalue weighted by molar-refractivity contribution is -0.115. The number of anilines is 1. The lowest BCUT2D eigenvalue weighted by Gasteiger charge is -2.10. The molecule has 0 atom stereocenters. The molecule has 0 fully saturated rings. The number of benzene rings is 1. The van der Waals surface area contributed by atoms with E-state index in [1.165, 1.54) is 18.2 Å². The van der Waals surface area contributed by atoms with E-state index in [2.05, 4.69) is 20.8 Å². The number of hydrogen-bond acceptors (Lipinski definition) is 6. The Labute approximate surface area is 141 Å². The Morgan fingerprint density at radius 3 is 2.71 bits per heavy atom. The number of nitrogens with two attached hydrogens (primary N) is 1. The molecule has 0 aliphatic carbocycles. The number of nitrogens with one attached hydrogen (secondary N) is 2.